The molecule has 0 aliphatic heterocycles. The first-order valence-corrected chi connectivity index (χ1v) is 7.92. The zero-order chi connectivity index (χ0) is 17.7. The van der Waals surface area contributed by atoms with Gasteiger partial charge in [-0.15, -0.1) is 0 Å². The fourth-order valence-corrected chi connectivity index (χ4v) is 2.24. The molecule has 2 N–H and O–H groups in total. The number of aromatic nitrogens is 2. The maximum absolute atomic E-state index is 12.0. The lowest BCUT2D eigenvalue weighted by atomic mass is 10.2. The highest BCUT2D eigenvalue weighted by molar-refractivity contribution is 6.31. The number of hydrogen-bond acceptors (Lipinski definition) is 5. The molecule has 0 bridgehead atoms. The highest BCUT2D eigenvalue weighted by Gasteiger charge is 2.20. The van der Waals surface area contributed by atoms with Crippen LogP contribution in [0.5, 0.6) is 0 Å². The van der Waals surface area contributed by atoms with Gasteiger partial charge in [-0.3, -0.25) is 9.59 Å². The van der Waals surface area contributed by atoms with Crippen molar-refractivity contribution >= 4 is 29.1 Å². The zero-order valence-electron chi connectivity index (χ0n) is 13.7. The Labute approximate surface area is 144 Å². The molecule has 128 valence electrons. The maximum Gasteiger partial charge on any atom is 0.249 e. The van der Waals surface area contributed by atoms with E-state index in [1.807, 2.05) is 13.8 Å². The molecule has 1 atom stereocenters. The average Bonchev–Trinajstić information content (AvgIpc) is 2.94. The van der Waals surface area contributed by atoms with Crippen molar-refractivity contribution in [1.29, 1.82) is 0 Å². The molecule has 7 nitrogen and oxygen atoms in total. The molecule has 0 aliphatic rings. The molecule has 0 saturated carbocycles. The molecule has 0 aliphatic carbocycles. The Balaban J connectivity index is 1.90. The minimum atomic E-state index is -0.427. The third-order valence-electron chi connectivity index (χ3n) is 3.36. The van der Waals surface area contributed by atoms with Crippen molar-refractivity contribution in [3.05, 3.63) is 40.5 Å². The zero-order valence-corrected chi connectivity index (χ0v) is 14.5. The van der Waals surface area contributed by atoms with E-state index in [-0.39, 0.29) is 6.42 Å². The number of aryl methyl sites for hydroxylation is 2. The molecular formula is C16H19ClN4O3. The highest BCUT2D eigenvalue weighted by atomic mass is 35.5. The standard InChI is InChI=1S/C16H19ClN4O3/c1-4-13(16-18-10(3)21-24-16)20-15(23)8-14(22)19-11-6-5-9(2)12(17)7-11/h5-7,13H,4,8H2,1-3H3,(H,19,22)(H,20,23). The van der Waals surface area contributed by atoms with E-state index >= 15 is 0 Å². The van der Waals surface area contributed by atoms with Gasteiger partial charge < -0.3 is 15.2 Å². The molecule has 1 aromatic carbocycles. The lowest BCUT2D eigenvalue weighted by Gasteiger charge is -2.13. The summed E-state index contributed by atoms with van der Waals surface area (Å²) in [4.78, 5) is 28.1. The molecule has 2 rings (SSSR count). The highest BCUT2D eigenvalue weighted by Crippen LogP contribution is 2.20. The first-order chi connectivity index (χ1) is 11.4. The van der Waals surface area contributed by atoms with E-state index in [9.17, 15) is 9.59 Å². The van der Waals surface area contributed by atoms with Gasteiger partial charge in [-0.05, 0) is 38.0 Å². The van der Waals surface area contributed by atoms with Gasteiger partial charge in [0.15, 0.2) is 5.82 Å². The van der Waals surface area contributed by atoms with Crippen molar-refractivity contribution < 1.29 is 14.1 Å². The summed E-state index contributed by atoms with van der Waals surface area (Å²) in [5, 5.41) is 9.60. The molecule has 24 heavy (non-hydrogen) atoms. The van der Waals surface area contributed by atoms with Gasteiger partial charge in [0.1, 0.15) is 12.5 Å². The molecule has 1 aromatic heterocycles. The SMILES string of the molecule is CCC(NC(=O)CC(=O)Nc1ccc(C)c(Cl)c1)c1nc(C)no1. The Kier molecular flexibility index (Phi) is 5.92. The first kappa shape index (κ1) is 17.9. The molecule has 1 unspecified atom stereocenters. The van der Waals surface area contributed by atoms with Crippen LogP contribution in [0.2, 0.25) is 5.02 Å². The fourth-order valence-electron chi connectivity index (χ4n) is 2.06. The molecule has 2 aromatic rings. The van der Waals surface area contributed by atoms with E-state index in [0.29, 0.717) is 28.8 Å². The van der Waals surface area contributed by atoms with Crippen LogP contribution in [0.1, 0.15) is 43.1 Å². The van der Waals surface area contributed by atoms with Crippen LogP contribution in [-0.2, 0) is 9.59 Å². The second kappa shape index (κ2) is 7.92. The summed E-state index contributed by atoms with van der Waals surface area (Å²) < 4.78 is 5.05. The fraction of sp³-hybridized carbons (Fsp3) is 0.375. The van der Waals surface area contributed by atoms with Crippen LogP contribution in [0.25, 0.3) is 0 Å². The van der Waals surface area contributed by atoms with Crippen molar-refractivity contribution in [1.82, 2.24) is 15.5 Å². The van der Waals surface area contributed by atoms with Crippen LogP contribution in [0.4, 0.5) is 5.69 Å². The summed E-state index contributed by atoms with van der Waals surface area (Å²) in [6.07, 6.45) is 0.262. The number of carbonyl (C=O) groups excluding carboxylic acids is 2. The Hall–Kier alpha value is -2.41. The number of anilines is 1. The first-order valence-electron chi connectivity index (χ1n) is 7.54. The second-order valence-corrected chi connectivity index (χ2v) is 5.80. The number of carbonyl (C=O) groups is 2. The normalized spacial score (nSPS) is 11.8. The summed E-state index contributed by atoms with van der Waals surface area (Å²) in [7, 11) is 0. The molecule has 0 spiro atoms. The predicted octanol–water partition coefficient (Wildman–Crippen LogP) is 2.94. The molecule has 2 amide bonds. The Morgan fingerprint density at radius 1 is 1.29 bits per heavy atom. The molecule has 0 fully saturated rings. The smallest absolute Gasteiger partial charge is 0.249 e. The molecular weight excluding hydrogens is 332 g/mol. The number of nitrogens with one attached hydrogen (secondary N) is 2. The van der Waals surface area contributed by atoms with Crippen molar-refractivity contribution in [2.75, 3.05) is 5.32 Å². The number of rotatable bonds is 6. The molecule has 0 saturated heterocycles. The number of amides is 2. The van der Waals surface area contributed by atoms with E-state index in [1.54, 1.807) is 25.1 Å². The van der Waals surface area contributed by atoms with Gasteiger partial charge in [-0.2, -0.15) is 4.98 Å². The quantitative estimate of drug-likeness (QED) is 0.781. The van der Waals surface area contributed by atoms with Crippen molar-refractivity contribution in [3.8, 4) is 0 Å². The predicted molar refractivity (Wildman–Crippen MR) is 89.6 cm³/mol. The van der Waals surface area contributed by atoms with Crippen LogP contribution >= 0.6 is 11.6 Å². The Morgan fingerprint density at radius 3 is 2.62 bits per heavy atom. The number of hydrogen-bond donors (Lipinski definition) is 2. The topological polar surface area (TPSA) is 97.1 Å². The van der Waals surface area contributed by atoms with E-state index in [4.69, 9.17) is 16.1 Å². The van der Waals surface area contributed by atoms with Crippen molar-refractivity contribution in [2.24, 2.45) is 0 Å². The Morgan fingerprint density at radius 2 is 2.04 bits per heavy atom. The van der Waals surface area contributed by atoms with E-state index < -0.39 is 17.9 Å². The number of nitrogens with zero attached hydrogens (tertiary/aromatic N) is 2. The van der Waals surface area contributed by atoms with Gasteiger partial charge in [0, 0.05) is 10.7 Å². The summed E-state index contributed by atoms with van der Waals surface area (Å²) >= 11 is 6.01. The maximum atomic E-state index is 12.0. The van der Waals surface area contributed by atoms with Gasteiger partial charge >= 0.3 is 0 Å². The van der Waals surface area contributed by atoms with E-state index in [0.717, 1.165) is 5.56 Å². The van der Waals surface area contributed by atoms with Crippen LogP contribution in [-0.4, -0.2) is 22.0 Å². The summed E-state index contributed by atoms with van der Waals surface area (Å²) in [5.41, 5.74) is 1.45. The molecule has 1 heterocycles. The summed E-state index contributed by atoms with van der Waals surface area (Å²) in [6.45, 7) is 5.44. The monoisotopic (exact) mass is 350 g/mol. The third kappa shape index (κ3) is 4.79. The van der Waals surface area contributed by atoms with E-state index in [1.165, 1.54) is 0 Å². The van der Waals surface area contributed by atoms with Crippen molar-refractivity contribution in [3.63, 3.8) is 0 Å². The minimum absolute atomic E-state index is 0.310. The van der Waals surface area contributed by atoms with Crippen LogP contribution in [0.15, 0.2) is 22.7 Å². The van der Waals surface area contributed by atoms with Gasteiger partial charge in [0.2, 0.25) is 17.7 Å². The lowest BCUT2D eigenvalue weighted by molar-refractivity contribution is -0.127. The minimum Gasteiger partial charge on any atom is -0.344 e. The van der Waals surface area contributed by atoms with E-state index in [2.05, 4.69) is 20.8 Å². The molecule has 8 heteroatoms. The Bertz CT molecular complexity index is 745. The second-order valence-electron chi connectivity index (χ2n) is 5.40. The third-order valence-corrected chi connectivity index (χ3v) is 3.77. The average molecular weight is 351 g/mol. The van der Waals surface area contributed by atoms with Crippen molar-refractivity contribution in [2.45, 2.75) is 39.7 Å². The summed E-state index contributed by atoms with van der Waals surface area (Å²) in [5.74, 6) is -0.0295. The van der Waals surface area contributed by atoms with Gasteiger partial charge in [-0.1, -0.05) is 29.7 Å². The van der Waals surface area contributed by atoms with Crippen LogP contribution < -0.4 is 10.6 Å². The van der Waals surface area contributed by atoms with Gasteiger partial charge in [0.25, 0.3) is 0 Å². The van der Waals surface area contributed by atoms with Crippen LogP contribution in [0.3, 0.4) is 0 Å². The lowest BCUT2D eigenvalue weighted by Crippen LogP contribution is -2.31. The largest absolute Gasteiger partial charge is 0.344 e. The van der Waals surface area contributed by atoms with Crippen LogP contribution in [0, 0.1) is 13.8 Å². The number of halogens is 1. The van der Waals surface area contributed by atoms with Gasteiger partial charge in [0.05, 0.1) is 0 Å². The van der Waals surface area contributed by atoms with Gasteiger partial charge in [-0.25, -0.2) is 0 Å². The summed E-state index contributed by atoms with van der Waals surface area (Å²) in [6, 6.07) is 4.75. The number of benzene rings is 1. The molecule has 0 radical (unpaired) electrons.